The molecule has 2 rings (SSSR count). The Labute approximate surface area is 90.2 Å². The second-order valence-corrected chi connectivity index (χ2v) is 3.26. The average Bonchev–Trinajstić information content (AvgIpc) is 2.17. The van der Waals surface area contributed by atoms with Crippen LogP contribution in [0.1, 0.15) is 0 Å². The molecule has 0 saturated heterocycles. The van der Waals surface area contributed by atoms with Crippen molar-refractivity contribution in [1.29, 1.82) is 0 Å². The molecular formula is C11H13ClN2. The highest BCUT2D eigenvalue weighted by molar-refractivity contribution is 5.74. The number of benzene rings is 1. The minimum Gasteiger partial charge on any atom is -1.00 e. The van der Waals surface area contributed by atoms with E-state index in [1.54, 1.807) is 0 Å². The van der Waals surface area contributed by atoms with Crippen LogP contribution in [0.25, 0.3) is 10.9 Å². The molecule has 1 heterocycles. The number of fused-ring (bicyclic) bond motifs is 1. The van der Waals surface area contributed by atoms with Gasteiger partial charge in [0.15, 0.2) is 6.20 Å². The van der Waals surface area contributed by atoms with Crippen LogP contribution in [0.2, 0.25) is 0 Å². The normalized spacial score (nSPS) is 9.57. The second kappa shape index (κ2) is 4.29. The SMILES string of the molecule is CN(C)[n+]1cccc2ccccc21.[Cl-]. The fourth-order valence-corrected chi connectivity index (χ4v) is 1.49. The first-order valence-corrected chi connectivity index (χ1v) is 4.36. The number of hydrogen-bond acceptors (Lipinski definition) is 1. The first kappa shape index (κ1) is 10.8. The van der Waals surface area contributed by atoms with Crippen LogP contribution >= 0.6 is 0 Å². The van der Waals surface area contributed by atoms with Crippen molar-refractivity contribution in [3.63, 3.8) is 0 Å². The molecule has 2 aromatic rings. The van der Waals surface area contributed by atoms with Crippen LogP contribution < -0.4 is 22.1 Å². The van der Waals surface area contributed by atoms with Crippen LogP contribution in [0.4, 0.5) is 0 Å². The summed E-state index contributed by atoms with van der Waals surface area (Å²) in [6, 6.07) is 12.5. The molecule has 0 radical (unpaired) electrons. The Balaban J connectivity index is 0.000000980. The summed E-state index contributed by atoms with van der Waals surface area (Å²) in [6.45, 7) is 0. The maximum Gasteiger partial charge on any atom is 0.242 e. The quantitative estimate of drug-likeness (QED) is 0.509. The van der Waals surface area contributed by atoms with Crippen molar-refractivity contribution in [2.45, 2.75) is 0 Å². The number of rotatable bonds is 1. The highest BCUT2D eigenvalue weighted by atomic mass is 35.5. The molecule has 0 N–H and O–H groups in total. The lowest BCUT2D eigenvalue weighted by atomic mass is 10.2. The van der Waals surface area contributed by atoms with Crippen LogP contribution in [-0.2, 0) is 0 Å². The Hall–Kier alpha value is -1.28. The number of aromatic nitrogens is 1. The average molecular weight is 209 g/mol. The molecule has 0 fully saturated rings. The molecule has 74 valence electrons. The van der Waals surface area contributed by atoms with Crippen molar-refractivity contribution >= 4 is 10.9 Å². The van der Waals surface area contributed by atoms with Gasteiger partial charge in [0.2, 0.25) is 5.52 Å². The van der Waals surface area contributed by atoms with Gasteiger partial charge in [0.05, 0.1) is 14.1 Å². The predicted octanol–water partition coefficient (Wildman–Crippen LogP) is -1.67. The zero-order valence-electron chi connectivity index (χ0n) is 8.31. The zero-order valence-corrected chi connectivity index (χ0v) is 9.07. The molecule has 0 aliphatic rings. The first-order chi connectivity index (χ1) is 6.29. The molecule has 0 amide bonds. The Morgan fingerprint density at radius 2 is 1.64 bits per heavy atom. The van der Waals surface area contributed by atoms with E-state index < -0.39 is 0 Å². The van der Waals surface area contributed by atoms with Crippen LogP contribution in [-0.4, -0.2) is 14.1 Å². The van der Waals surface area contributed by atoms with Crippen LogP contribution in [0.3, 0.4) is 0 Å². The molecule has 0 spiro atoms. The van der Waals surface area contributed by atoms with Crippen molar-refractivity contribution in [2.24, 2.45) is 0 Å². The van der Waals surface area contributed by atoms with Gasteiger partial charge in [-0.3, -0.25) is 0 Å². The summed E-state index contributed by atoms with van der Waals surface area (Å²) in [7, 11) is 4.07. The van der Waals surface area contributed by atoms with E-state index in [2.05, 4.69) is 52.3 Å². The van der Waals surface area contributed by atoms with Gasteiger partial charge >= 0.3 is 0 Å². The summed E-state index contributed by atoms with van der Waals surface area (Å²) in [6.07, 6.45) is 2.06. The minimum atomic E-state index is 0. The maximum atomic E-state index is 2.12. The van der Waals surface area contributed by atoms with E-state index in [4.69, 9.17) is 0 Å². The molecule has 0 unspecified atom stereocenters. The monoisotopic (exact) mass is 208 g/mol. The lowest BCUT2D eigenvalue weighted by Gasteiger charge is -2.06. The van der Waals surface area contributed by atoms with Crippen LogP contribution in [0.15, 0.2) is 42.6 Å². The molecular weight excluding hydrogens is 196 g/mol. The standard InChI is InChI=1S/C11H13N2.ClH/c1-12(2)13-9-5-7-10-6-3-4-8-11(10)13;/h3-9H,1-2H3;1H/q+1;/p-1. The fraction of sp³-hybridized carbons (Fsp3) is 0.182. The number of halogens is 1. The molecule has 0 saturated carbocycles. The van der Waals surface area contributed by atoms with E-state index in [1.807, 2.05) is 14.1 Å². The van der Waals surface area contributed by atoms with Gasteiger partial charge in [0.25, 0.3) is 0 Å². The minimum absolute atomic E-state index is 0. The largest absolute Gasteiger partial charge is 1.00 e. The van der Waals surface area contributed by atoms with Crippen LogP contribution in [0, 0.1) is 0 Å². The number of pyridine rings is 1. The molecule has 0 atom stereocenters. The smallest absolute Gasteiger partial charge is 0.242 e. The second-order valence-electron chi connectivity index (χ2n) is 3.26. The molecule has 1 aromatic carbocycles. The van der Waals surface area contributed by atoms with Crippen molar-refractivity contribution in [2.75, 3.05) is 19.1 Å². The Bertz CT molecular complexity index is 421. The van der Waals surface area contributed by atoms with Gasteiger partial charge in [0, 0.05) is 17.5 Å². The van der Waals surface area contributed by atoms with Gasteiger partial charge in [-0.2, -0.15) is 5.01 Å². The summed E-state index contributed by atoms with van der Waals surface area (Å²) >= 11 is 0. The Kier molecular flexibility index (Phi) is 3.31. The summed E-state index contributed by atoms with van der Waals surface area (Å²) in [5, 5.41) is 3.32. The number of nitrogens with zero attached hydrogens (tertiary/aromatic N) is 2. The summed E-state index contributed by atoms with van der Waals surface area (Å²) in [4.78, 5) is 0. The Morgan fingerprint density at radius 3 is 2.36 bits per heavy atom. The molecule has 14 heavy (non-hydrogen) atoms. The molecule has 0 aliphatic carbocycles. The van der Waals surface area contributed by atoms with Gasteiger partial charge in [0.1, 0.15) is 0 Å². The van der Waals surface area contributed by atoms with Gasteiger partial charge in [-0.25, -0.2) is 0 Å². The highest BCUT2D eigenvalue weighted by Gasteiger charge is 2.07. The summed E-state index contributed by atoms with van der Waals surface area (Å²) in [5.41, 5.74) is 1.23. The van der Waals surface area contributed by atoms with Gasteiger partial charge in [-0.05, 0) is 12.1 Å². The van der Waals surface area contributed by atoms with E-state index in [-0.39, 0.29) is 12.4 Å². The summed E-state index contributed by atoms with van der Waals surface area (Å²) < 4.78 is 2.12. The fourth-order valence-electron chi connectivity index (χ4n) is 1.49. The van der Waals surface area contributed by atoms with E-state index in [1.165, 1.54) is 10.9 Å². The van der Waals surface area contributed by atoms with Gasteiger partial charge in [-0.1, -0.05) is 16.8 Å². The molecule has 1 aromatic heterocycles. The predicted molar refractivity (Wildman–Crippen MR) is 54.2 cm³/mol. The lowest BCUT2D eigenvalue weighted by molar-refractivity contribution is -0.661. The third-order valence-electron chi connectivity index (χ3n) is 2.12. The van der Waals surface area contributed by atoms with Crippen molar-refractivity contribution < 1.29 is 17.1 Å². The Morgan fingerprint density at radius 1 is 1.00 bits per heavy atom. The topological polar surface area (TPSA) is 7.12 Å². The van der Waals surface area contributed by atoms with Crippen molar-refractivity contribution in [3.8, 4) is 0 Å². The van der Waals surface area contributed by atoms with E-state index in [9.17, 15) is 0 Å². The zero-order chi connectivity index (χ0) is 9.26. The highest BCUT2D eigenvalue weighted by Crippen LogP contribution is 2.07. The van der Waals surface area contributed by atoms with Gasteiger partial charge in [-0.15, -0.1) is 0 Å². The summed E-state index contributed by atoms with van der Waals surface area (Å²) in [5.74, 6) is 0. The van der Waals surface area contributed by atoms with Crippen LogP contribution in [0.5, 0.6) is 0 Å². The van der Waals surface area contributed by atoms with Crippen molar-refractivity contribution in [1.82, 2.24) is 0 Å². The van der Waals surface area contributed by atoms with E-state index in [0.29, 0.717) is 0 Å². The lowest BCUT2D eigenvalue weighted by Crippen LogP contribution is -3.00. The van der Waals surface area contributed by atoms with Gasteiger partial charge < -0.3 is 12.4 Å². The third kappa shape index (κ3) is 1.80. The molecule has 2 nitrogen and oxygen atoms in total. The molecule has 0 bridgehead atoms. The first-order valence-electron chi connectivity index (χ1n) is 4.36. The van der Waals surface area contributed by atoms with E-state index in [0.717, 1.165) is 0 Å². The number of para-hydroxylation sites is 1. The molecule has 3 heteroatoms. The number of hydrogen-bond donors (Lipinski definition) is 0. The molecule has 0 aliphatic heterocycles. The third-order valence-corrected chi connectivity index (χ3v) is 2.12. The van der Waals surface area contributed by atoms with Crippen molar-refractivity contribution in [3.05, 3.63) is 42.6 Å². The maximum absolute atomic E-state index is 2.12. The van der Waals surface area contributed by atoms with E-state index >= 15 is 0 Å².